The largest absolute Gasteiger partial charge is 0.491 e. The average Bonchev–Trinajstić information content (AvgIpc) is 2.52. The molecule has 0 amide bonds. The van der Waals surface area contributed by atoms with Crippen LogP contribution in [-0.4, -0.2) is 30.4 Å². The van der Waals surface area contributed by atoms with Gasteiger partial charge in [0.25, 0.3) is 0 Å². The smallest absolute Gasteiger partial charge is 0.122 e. The predicted molar refractivity (Wildman–Crippen MR) is 91.5 cm³/mol. The Bertz CT molecular complexity index is 447. The van der Waals surface area contributed by atoms with E-state index in [1.165, 1.54) is 31.2 Å². The lowest BCUT2D eigenvalue weighted by Gasteiger charge is -2.30. The van der Waals surface area contributed by atoms with E-state index in [1.54, 1.807) is 0 Å². The van der Waals surface area contributed by atoms with Crippen LogP contribution in [0.2, 0.25) is 0 Å². The lowest BCUT2D eigenvalue weighted by molar-refractivity contribution is 0.0979. The third-order valence-electron chi connectivity index (χ3n) is 4.70. The molecule has 0 spiro atoms. The molecule has 0 saturated heterocycles. The van der Waals surface area contributed by atoms with E-state index in [2.05, 4.69) is 32.2 Å². The van der Waals surface area contributed by atoms with Crippen molar-refractivity contribution in [3.8, 4) is 5.75 Å². The Kier molecular flexibility index (Phi) is 6.71. The summed E-state index contributed by atoms with van der Waals surface area (Å²) in [6, 6.07) is 8.64. The molecule has 0 aliphatic heterocycles. The van der Waals surface area contributed by atoms with Crippen LogP contribution in [0.4, 0.5) is 0 Å². The number of benzene rings is 1. The molecule has 1 saturated carbocycles. The highest BCUT2D eigenvalue weighted by Crippen LogP contribution is 2.26. The van der Waals surface area contributed by atoms with Gasteiger partial charge < -0.3 is 15.2 Å². The van der Waals surface area contributed by atoms with Gasteiger partial charge in [-0.1, -0.05) is 51.8 Å². The summed E-state index contributed by atoms with van der Waals surface area (Å²) < 4.78 is 5.84. The first kappa shape index (κ1) is 17.3. The first-order valence-electron chi connectivity index (χ1n) is 8.71. The average molecular weight is 305 g/mol. The molecule has 3 atom stereocenters. The number of hydrogen-bond donors (Lipinski definition) is 2. The Morgan fingerprint density at radius 2 is 1.95 bits per heavy atom. The van der Waals surface area contributed by atoms with Crippen molar-refractivity contribution in [1.82, 2.24) is 5.32 Å². The van der Waals surface area contributed by atoms with Crippen LogP contribution in [0.3, 0.4) is 0 Å². The second-order valence-electron chi connectivity index (χ2n) is 6.93. The lowest BCUT2D eigenvalue weighted by atomic mass is 9.86. The highest BCUT2D eigenvalue weighted by atomic mass is 16.5. The fourth-order valence-electron chi connectivity index (χ4n) is 3.24. The summed E-state index contributed by atoms with van der Waals surface area (Å²) in [5.74, 6) is 2.03. The third-order valence-corrected chi connectivity index (χ3v) is 4.70. The van der Waals surface area contributed by atoms with Gasteiger partial charge >= 0.3 is 0 Å². The summed E-state index contributed by atoms with van der Waals surface area (Å²) in [5.41, 5.74) is 1.20. The van der Waals surface area contributed by atoms with E-state index in [4.69, 9.17) is 4.74 Å². The van der Waals surface area contributed by atoms with E-state index in [9.17, 15) is 5.11 Å². The maximum atomic E-state index is 10.2. The number of nitrogens with one attached hydrogen (secondary N) is 1. The van der Waals surface area contributed by atoms with Crippen LogP contribution in [0.15, 0.2) is 24.3 Å². The Labute approximate surface area is 135 Å². The first-order chi connectivity index (χ1) is 10.6. The van der Waals surface area contributed by atoms with Gasteiger partial charge in [0.05, 0.1) is 0 Å². The molecule has 1 fully saturated rings. The summed E-state index contributed by atoms with van der Waals surface area (Å²) >= 11 is 0. The highest BCUT2D eigenvalue weighted by Gasteiger charge is 2.21. The molecular formula is C19H31NO2. The number of rotatable bonds is 7. The summed E-state index contributed by atoms with van der Waals surface area (Å²) in [4.78, 5) is 0. The zero-order valence-corrected chi connectivity index (χ0v) is 14.2. The highest BCUT2D eigenvalue weighted by molar-refractivity contribution is 5.35. The maximum Gasteiger partial charge on any atom is 0.122 e. The fourth-order valence-corrected chi connectivity index (χ4v) is 3.24. The van der Waals surface area contributed by atoms with E-state index in [0.29, 0.717) is 31.0 Å². The zero-order chi connectivity index (χ0) is 15.9. The van der Waals surface area contributed by atoms with E-state index in [1.807, 2.05) is 18.2 Å². The molecule has 0 heterocycles. The van der Waals surface area contributed by atoms with Gasteiger partial charge in [-0.25, -0.2) is 0 Å². The Hall–Kier alpha value is -1.06. The van der Waals surface area contributed by atoms with Gasteiger partial charge in [-0.15, -0.1) is 0 Å². The molecule has 1 aromatic rings. The van der Waals surface area contributed by atoms with E-state index in [-0.39, 0.29) is 0 Å². The van der Waals surface area contributed by atoms with Crippen molar-refractivity contribution < 1.29 is 9.84 Å². The van der Waals surface area contributed by atoms with Crippen LogP contribution in [-0.2, 0) is 0 Å². The second-order valence-corrected chi connectivity index (χ2v) is 6.93. The summed E-state index contributed by atoms with van der Waals surface area (Å²) in [7, 11) is 0. The quantitative estimate of drug-likeness (QED) is 0.807. The SMILES string of the molecule is CC(C)c1ccccc1OC[C@@H](O)CN[C@@H]1CCCC[C@H]1C. The van der Waals surface area contributed by atoms with Crippen LogP contribution in [0.5, 0.6) is 5.75 Å². The maximum absolute atomic E-state index is 10.2. The second kappa shape index (κ2) is 8.54. The molecular weight excluding hydrogens is 274 g/mol. The monoisotopic (exact) mass is 305 g/mol. The number of hydrogen-bond acceptors (Lipinski definition) is 3. The molecule has 3 nitrogen and oxygen atoms in total. The van der Waals surface area contributed by atoms with Crippen LogP contribution in [0.25, 0.3) is 0 Å². The predicted octanol–water partition coefficient (Wildman–Crippen LogP) is 3.72. The lowest BCUT2D eigenvalue weighted by Crippen LogP contribution is -2.42. The van der Waals surface area contributed by atoms with E-state index in [0.717, 1.165) is 5.75 Å². The van der Waals surface area contributed by atoms with Crippen molar-refractivity contribution in [2.75, 3.05) is 13.2 Å². The molecule has 124 valence electrons. The summed E-state index contributed by atoms with van der Waals surface area (Å²) in [6.45, 7) is 7.57. The van der Waals surface area contributed by atoms with Gasteiger partial charge in [0, 0.05) is 12.6 Å². The van der Waals surface area contributed by atoms with Gasteiger partial charge in [0.2, 0.25) is 0 Å². The molecule has 2 N–H and O–H groups in total. The summed E-state index contributed by atoms with van der Waals surface area (Å²) in [6.07, 6.45) is 4.71. The van der Waals surface area contributed by atoms with Crippen molar-refractivity contribution >= 4 is 0 Å². The standard InChI is InChI=1S/C19H31NO2/c1-14(2)17-9-5-7-11-19(17)22-13-16(21)12-20-18-10-6-4-8-15(18)3/h5,7,9,11,14-16,18,20-21H,4,6,8,10,12-13H2,1-3H3/t15-,16+,18-/m1/s1. The molecule has 1 aliphatic rings. The van der Waals surface area contributed by atoms with Crippen LogP contribution < -0.4 is 10.1 Å². The third kappa shape index (κ3) is 4.99. The fraction of sp³-hybridized carbons (Fsp3) is 0.684. The minimum atomic E-state index is -0.464. The topological polar surface area (TPSA) is 41.5 Å². The van der Waals surface area contributed by atoms with E-state index < -0.39 is 6.10 Å². The molecule has 0 bridgehead atoms. The molecule has 3 heteroatoms. The van der Waals surface area contributed by atoms with Crippen LogP contribution in [0, 0.1) is 5.92 Å². The Morgan fingerprint density at radius 3 is 2.68 bits per heavy atom. The molecule has 0 aromatic heterocycles. The number of aliphatic hydroxyl groups excluding tert-OH is 1. The molecule has 2 rings (SSSR count). The van der Waals surface area contributed by atoms with Gasteiger partial charge in [-0.05, 0) is 36.3 Å². The molecule has 0 unspecified atom stereocenters. The van der Waals surface area contributed by atoms with Crippen LogP contribution in [0.1, 0.15) is 57.9 Å². The van der Waals surface area contributed by atoms with Crippen molar-refractivity contribution in [1.29, 1.82) is 0 Å². The van der Waals surface area contributed by atoms with Gasteiger partial charge in [0.1, 0.15) is 18.5 Å². The van der Waals surface area contributed by atoms with E-state index >= 15 is 0 Å². The minimum Gasteiger partial charge on any atom is -0.491 e. The minimum absolute atomic E-state index is 0.345. The van der Waals surface area contributed by atoms with Crippen molar-refractivity contribution in [2.24, 2.45) is 5.92 Å². The van der Waals surface area contributed by atoms with Crippen molar-refractivity contribution in [3.05, 3.63) is 29.8 Å². The molecule has 0 radical (unpaired) electrons. The molecule has 1 aromatic carbocycles. The number of ether oxygens (including phenoxy) is 1. The number of para-hydroxylation sites is 1. The van der Waals surface area contributed by atoms with Gasteiger partial charge in [-0.2, -0.15) is 0 Å². The zero-order valence-electron chi connectivity index (χ0n) is 14.2. The van der Waals surface area contributed by atoms with Gasteiger partial charge in [-0.3, -0.25) is 0 Å². The van der Waals surface area contributed by atoms with Crippen molar-refractivity contribution in [2.45, 2.75) is 64.5 Å². The first-order valence-corrected chi connectivity index (χ1v) is 8.71. The van der Waals surface area contributed by atoms with Gasteiger partial charge in [0.15, 0.2) is 0 Å². The molecule has 1 aliphatic carbocycles. The number of aliphatic hydroxyl groups is 1. The van der Waals surface area contributed by atoms with Crippen molar-refractivity contribution in [3.63, 3.8) is 0 Å². The normalized spacial score (nSPS) is 23.5. The molecule has 22 heavy (non-hydrogen) atoms. The summed E-state index contributed by atoms with van der Waals surface area (Å²) in [5, 5.41) is 13.7. The van der Waals surface area contributed by atoms with Crippen LogP contribution >= 0.6 is 0 Å². The Balaban J connectivity index is 1.77. The Morgan fingerprint density at radius 1 is 1.23 bits per heavy atom.